The van der Waals surface area contributed by atoms with Crippen LogP contribution in [0.5, 0.6) is 5.88 Å². The van der Waals surface area contributed by atoms with Crippen molar-refractivity contribution >= 4 is 17.0 Å². The lowest BCUT2D eigenvalue weighted by molar-refractivity contribution is 0.0601. The van der Waals surface area contributed by atoms with Crippen LogP contribution in [0.15, 0.2) is 66.7 Å². The lowest BCUT2D eigenvalue weighted by atomic mass is 10.0. The van der Waals surface area contributed by atoms with Gasteiger partial charge in [-0.05, 0) is 78.8 Å². The zero-order valence-electron chi connectivity index (χ0n) is 23.6. The smallest absolute Gasteiger partial charge is 0.337 e. The molecule has 220 valence electrons. The third kappa shape index (κ3) is 4.94. The van der Waals surface area contributed by atoms with E-state index in [-0.39, 0.29) is 58.3 Å². The Labute approximate surface area is 250 Å². The molecule has 44 heavy (non-hydrogen) atoms. The van der Waals surface area contributed by atoms with Gasteiger partial charge in [-0.2, -0.15) is 5.26 Å². The van der Waals surface area contributed by atoms with E-state index < -0.39 is 23.4 Å². The molecular formula is C34H25F3N4O3. The number of nitrogens with zero attached hydrogens (tertiary/aromatic N) is 4. The van der Waals surface area contributed by atoms with Crippen molar-refractivity contribution in [2.75, 3.05) is 7.11 Å². The number of hydrogen-bond acceptors (Lipinski definition) is 6. The number of halogens is 3. The van der Waals surface area contributed by atoms with Gasteiger partial charge in [0.15, 0.2) is 0 Å². The first-order chi connectivity index (χ1) is 21.3. The average Bonchev–Trinajstić information content (AvgIpc) is 3.93. The molecule has 2 aliphatic carbocycles. The van der Waals surface area contributed by atoms with Crippen LogP contribution < -0.4 is 4.74 Å². The number of hydrogen-bond donors (Lipinski definition) is 0. The van der Waals surface area contributed by atoms with E-state index in [0.29, 0.717) is 16.9 Å². The standard InChI is InChI=1S/C34H25F3N4O3/c1-43-33(42)20-7-8-28-29(13-20)41(30-16-34(30)9-10-34)31(39-28)14-22-12-26(37)23(15-25(22)36)27-3-2-4-32(40-27)44-18-21-6-5-19(17-38)11-24(21)35/h2-8,11-13,15,30H,9-10,14,16,18H2,1H3. The monoisotopic (exact) mass is 594 g/mol. The van der Waals surface area contributed by atoms with Crippen molar-refractivity contribution < 1.29 is 27.4 Å². The summed E-state index contributed by atoms with van der Waals surface area (Å²) in [6.07, 6.45) is 3.28. The predicted molar refractivity (Wildman–Crippen MR) is 154 cm³/mol. The number of ether oxygens (including phenoxy) is 2. The molecular weight excluding hydrogens is 569 g/mol. The normalized spacial score (nSPS) is 16.1. The molecule has 2 fully saturated rings. The first kappa shape index (κ1) is 27.7. The minimum absolute atomic E-state index is 0.0448. The Hall–Kier alpha value is -5.17. The van der Waals surface area contributed by atoms with E-state index in [2.05, 4.69) is 9.55 Å². The molecule has 0 aliphatic heterocycles. The first-order valence-corrected chi connectivity index (χ1v) is 14.1. The highest BCUT2D eigenvalue weighted by Gasteiger charge is 2.64. The Bertz CT molecular complexity index is 2010. The molecule has 0 bridgehead atoms. The summed E-state index contributed by atoms with van der Waals surface area (Å²) in [5.74, 6) is -1.61. The molecule has 1 atom stereocenters. The average molecular weight is 595 g/mol. The van der Waals surface area contributed by atoms with Gasteiger partial charge < -0.3 is 14.0 Å². The second-order valence-electron chi connectivity index (χ2n) is 11.3. The number of nitriles is 1. The number of benzene rings is 3. The van der Waals surface area contributed by atoms with Crippen LogP contribution in [0, 0.1) is 34.2 Å². The Morgan fingerprint density at radius 3 is 2.55 bits per heavy atom. The summed E-state index contributed by atoms with van der Waals surface area (Å²) in [7, 11) is 1.33. The fraction of sp³-hybridized carbons (Fsp3) is 0.235. The van der Waals surface area contributed by atoms with Gasteiger partial charge in [0.25, 0.3) is 0 Å². The molecule has 2 aliphatic rings. The van der Waals surface area contributed by atoms with Crippen molar-refractivity contribution in [2.24, 2.45) is 5.41 Å². The molecule has 0 N–H and O–H groups in total. The van der Waals surface area contributed by atoms with Gasteiger partial charge >= 0.3 is 5.97 Å². The highest BCUT2D eigenvalue weighted by atomic mass is 19.1. The van der Waals surface area contributed by atoms with Gasteiger partial charge in [-0.25, -0.2) is 27.9 Å². The van der Waals surface area contributed by atoms with E-state index in [9.17, 15) is 9.18 Å². The Morgan fingerprint density at radius 1 is 1.00 bits per heavy atom. The van der Waals surface area contributed by atoms with Crippen molar-refractivity contribution in [3.05, 3.63) is 112 Å². The quantitative estimate of drug-likeness (QED) is 0.179. The number of rotatable bonds is 8. The molecule has 0 radical (unpaired) electrons. The minimum Gasteiger partial charge on any atom is -0.473 e. The molecule has 1 unspecified atom stereocenters. The summed E-state index contributed by atoms with van der Waals surface area (Å²) in [4.78, 5) is 21.3. The van der Waals surface area contributed by atoms with Gasteiger partial charge in [-0.3, -0.25) is 0 Å². The number of aromatic nitrogens is 3. The van der Waals surface area contributed by atoms with Gasteiger partial charge in [-0.15, -0.1) is 0 Å². The topological polar surface area (TPSA) is 90.0 Å². The number of methoxy groups -OCH3 is 1. The Balaban J connectivity index is 1.16. The maximum atomic E-state index is 15.6. The third-order valence-electron chi connectivity index (χ3n) is 8.58. The molecule has 7 rings (SSSR count). The van der Waals surface area contributed by atoms with E-state index in [4.69, 9.17) is 19.7 Å². The van der Waals surface area contributed by atoms with Crippen LogP contribution in [-0.2, 0) is 17.8 Å². The van der Waals surface area contributed by atoms with E-state index in [0.717, 1.165) is 43.0 Å². The summed E-state index contributed by atoms with van der Waals surface area (Å²) >= 11 is 0. The van der Waals surface area contributed by atoms with Crippen LogP contribution >= 0.6 is 0 Å². The summed E-state index contributed by atoms with van der Waals surface area (Å²) in [6, 6.07) is 18.2. The van der Waals surface area contributed by atoms with Crippen molar-refractivity contribution in [3.8, 4) is 23.2 Å². The third-order valence-corrected chi connectivity index (χ3v) is 8.58. The van der Waals surface area contributed by atoms with Gasteiger partial charge in [0.2, 0.25) is 5.88 Å². The molecule has 2 heterocycles. The van der Waals surface area contributed by atoms with Crippen LogP contribution in [0.2, 0.25) is 0 Å². The lowest BCUT2D eigenvalue weighted by Gasteiger charge is -2.12. The van der Waals surface area contributed by atoms with E-state index >= 15 is 8.78 Å². The number of carbonyl (C=O) groups is 1. The largest absolute Gasteiger partial charge is 0.473 e. The highest BCUT2D eigenvalue weighted by Crippen LogP contribution is 2.73. The molecule has 0 amide bonds. The molecule has 1 spiro atoms. The molecule has 5 aromatic rings. The second kappa shape index (κ2) is 10.5. The van der Waals surface area contributed by atoms with Gasteiger partial charge in [0, 0.05) is 29.7 Å². The number of carbonyl (C=O) groups excluding carboxylic acids is 1. The Kier molecular flexibility index (Phi) is 6.61. The summed E-state index contributed by atoms with van der Waals surface area (Å²) in [6.45, 7) is -0.159. The SMILES string of the molecule is COC(=O)c1ccc2nc(Cc3cc(F)c(-c4cccc(OCc5ccc(C#N)cc5F)n4)cc3F)n(C3CC34CC4)c2c1. The van der Waals surface area contributed by atoms with Crippen molar-refractivity contribution in [3.63, 3.8) is 0 Å². The fourth-order valence-corrected chi connectivity index (χ4v) is 5.87. The minimum atomic E-state index is -0.662. The molecule has 10 heteroatoms. The summed E-state index contributed by atoms with van der Waals surface area (Å²) in [5, 5.41) is 8.92. The van der Waals surface area contributed by atoms with E-state index in [1.54, 1.807) is 24.3 Å². The maximum Gasteiger partial charge on any atom is 0.337 e. The molecule has 3 aromatic carbocycles. The number of esters is 1. The highest BCUT2D eigenvalue weighted by molar-refractivity contribution is 5.93. The number of fused-ring (bicyclic) bond motifs is 1. The van der Waals surface area contributed by atoms with Crippen molar-refractivity contribution in [1.29, 1.82) is 5.26 Å². The molecule has 0 saturated heterocycles. The van der Waals surface area contributed by atoms with E-state index in [1.165, 1.54) is 31.4 Å². The second-order valence-corrected chi connectivity index (χ2v) is 11.3. The van der Waals surface area contributed by atoms with Gasteiger partial charge in [-0.1, -0.05) is 12.1 Å². The van der Waals surface area contributed by atoms with Crippen molar-refractivity contribution in [2.45, 2.75) is 38.3 Å². The summed E-state index contributed by atoms with van der Waals surface area (Å²) < 4.78 is 57.9. The van der Waals surface area contributed by atoms with Crippen LogP contribution in [0.1, 0.15) is 58.2 Å². The van der Waals surface area contributed by atoms with Crippen LogP contribution in [0.25, 0.3) is 22.3 Å². The zero-order chi connectivity index (χ0) is 30.6. The number of imidazole rings is 1. The van der Waals surface area contributed by atoms with E-state index in [1.807, 2.05) is 6.07 Å². The molecule has 7 nitrogen and oxygen atoms in total. The van der Waals surface area contributed by atoms with Crippen molar-refractivity contribution in [1.82, 2.24) is 14.5 Å². The fourth-order valence-electron chi connectivity index (χ4n) is 5.87. The predicted octanol–water partition coefficient (Wildman–Crippen LogP) is 7.07. The van der Waals surface area contributed by atoms with Gasteiger partial charge in [0.05, 0.1) is 41.0 Å². The van der Waals surface area contributed by atoms with Crippen LogP contribution in [0.4, 0.5) is 13.2 Å². The maximum absolute atomic E-state index is 15.6. The molecule has 2 aromatic heterocycles. The zero-order valence-corrected chi connectivity index (χ0v) is 23.6. The lowest BCUT2D eigenvalue weighted by Crippen LogP contribution is -2.07. The molecule has 2 saturated carbocycles. The van der Waals surface area contributed by atoms with Gasteiger partial charge in [0.1, 0.15) is 29.9 Å². The first-order valence-electron chi connectivity index (χ1n) is 14.1. The Morgan fingerprint density at radius 2 is 1.82 bits per heavy atom. The number of pyridine rings is 1. The van der Waals surface area contributed by atoms with Crippen LogP contribution in [-0.4, -0.2) is 27.6 Å². The van der Waals surface area contributed by atoms with Crippen LogP contribution in [0.3, 0.4) is 0 Å². The summed E-state index contributed by atoms with van der Waals surface area (Å²) in [5.41, 5.74) is 2.76.